The first-order valence-electron chi connectivity index (χ1n) is 11.4. The number of ether oxygens (including phenoxy) is 2. The molecule has 0 N–H and O–H groups in total. The maximum Gasteiger partial charge on any atom is 0.272 e. The van der Waals surface area contributed by atoms with Crippen LogP contribution in [-0.4, -0.2) is 70.8 Å². The van der Waals surface area contributed by atoms with Crippen LogP contribution >= 0.6 is 0 Å². The van der Waals surface area contributed by atoms with Gasteiger partial charge in [0, 0.05) is 32.9 Å². The minimum atomic E-state index is -0.328. The normalized spacial score (nSPS) is 16.4. The summed E-state index contributed by atoms with van der Waals surface area (Å²) in [6, 6.07) is 19.4. The van der Waals surface area contributed by atoms with Gasteiger partial charge in [-0.15, -0.1) is 0 Å². The zero-order chi connectivity index (χ0) is 23.9. The summed E-state index contributed by atoms with van der Waals surface area (Å²) in [4.78, 5) is 29.7. The van der Waals surface area contributed by atoms with Gasteiger partial charge in [-0.05, 0) is 35.7 Å². The van der Waals surface area contributed by atoms with E-state index in [0.29, 0.717) is 31.9 Å². The number of benzene rings is 2. The Labute approximate surface area is 199 Å². The number of nitrogens with zero attached hydrogens (tertiary/aromatic N) is 4. The molecule has 8 nitrogen and oxygen atoms in total. The zero-order valence-electron chi connectivity index (χ0n) is 19.6. The van der Waals surface area contributed by atoms with Crippen molar-refractivity contribution < 1.29 is 19.1 Å². The van der Waals surface area contributed by atoms with E-state index in [1.807, 2.05) is 42.5 Å². The number of aryl methyl sites for hydroxylation is 1. The molecule has 1 unspecified atom stereocenters. The van der Waals surface area contributed by atoms with E-state index < -0.39 is 0 Å². The van der Waals surface area contributed by atoms with Crippen LogP contribution < -0.4 is 4.74 Å². The second kappa shape index (κ2) is 11.0. The maximum atomic E-state index is 13.2. The van der Waals surface area contributed by atoms with E-state index in [0.717, 1.165) is 23.3 Å². The van der Waals surface area contributed by atoms with Crippen molar-refractivity contribution in [3.8, 4) is 5.75 Å². The molecule has 1 fully saturated rings. The van der Waals surface area contributed by atoms with Crippen LogP contribution in [0, 0.1) is 0 Å². The Balaban J connectivity index is 1.50. The first kappa shape index (κ1) is 23.5. The van der Waals surface area contributed by atoms with Crippen LogP contribution in [0.25, 0.3) is 0 Å². The summed E-state index contributed by atoms with van der Waals surface area (Å²) in [6.07, 6.45) is 1.99. The molecule has 0 aliphatic carbocycles. The molecule has 2 aromatic carbocycles. The van der Waals surface area contributed by atoms with Crippen LogP contribution in [0.4, 0.5) is 0 Å². The van der Waals surface area contributed by atoms with Gasteiger partial charge in [-0.25, -0.2) is 0 Å². The van der Waals surface area contributed by atoms with Gasteiger partial charge in [-0.1, -0.05) is 42.5 Å². The molecule has 1 atom stereocenters. The summed E-state index contributed by atoms with van der Waals surface area (Å²) in [6.45, 7) is 1.68. The van der Waals surface area contributed by atoms with Gasteiger partial charge in [0.1, 0.15) is 18.0 Å². The fourth-order valence-corrected chi connectivity index (χ4v) is 4.09. The smallest absolute Gasteiger partial charge is 0.272 e. The highest BCUT2D eigenvalue weighted by Gasteiger charge is 2.32. The summed E-state index contributed by atoms with van der Waals surface area (Å²) in [5, 5.41) is 4.10. The molecule has 2 amide bonds. The predicted octanol–water partition coefficient (Wildman–Crippen LogP) is 2.54. The van der Waals surface area contributed by atoms with Crippen molar-refractivity contribution >= 4 is 11.8 Å². The first-order valence-corrected chi connectivity index (χ1v) is 11.4. The van der Waals surface area contributed by atoms with E-state index in [9.17, 15) is 9.59 Å². The lowest BCUT2D eigenvalue weighted by Crippen LogP contribution is -2.40. The molecular weight excluding hydrogens is 432 g/mol. The molecule has 1 aliphatic rings. The standard InChI is InChI=1S/C26H30N4O4/c1-28-24(11-13-27-28)26(32)30-17-23(34-19-21-9-6-10-22(15-21)33-2)16-29(25(31)18-30)14-12-20-7-4-3-5-8-20/h3-11,13,15,23H,12,14,16-19H2,1-2H3. The lowest BCUT2D eigenvalue weighted by Gasteiger charge is -2.25. The SMILES string of the molecule is COc1cccc(COC2CN(CCc3ccccc3)C(=O)CN(C(=O)c3ccnn3C)C2)c1. The maximum absolute atomic E-state index is 13.2. The molecule has 0 radical (unpaired) electrons. The third kappa shape index (κ3) is 5.82. The Morgan fingerprint density at radius 2 is 1.85 bits per heavy atom. The van der Waals surface area contributed by atoms with E-state index in [4.69, 9.17) is 9.47 Å². The number of amides is 2. The quantitative estimate of drug-likeness (QED) is 0.514. The summed E-state index contributed by atoms with van der Waals surface area (Å²) < 4.78 is 13.1. The Morgan fingerprint density at radius 3 is 2.59 bits per heavy atom. The van der Waals surface area contributed by atoms with Crippen LogP contribution in [0.5, 0.6) is 5.75 Å². The summed E-state index contributed by atoms with van der Waals surface area (Å²) in [7, 11) is 3.35. The largest absolute Gasteiger partial charge is 0.497 e. The summed E-state index contributed by atoms with van der Waals surface area (Å²) in [5.41, 5.74) is 2.57. The van der Waals surface area contributed by atoms with Gasteiger partial charge in [-0.2, -0.15) is 5.10 Å². The van der Waals surface area contributed by atoms with E-state index in [1.165, 1.54) is 4.68 Å². The summed E-state index contributed by atoms with van der Waals surface area (Å²) >= 11 is 0. The van der Waals surface area contributed by atoms with Crippen LogP contribution in [-0.2, 0) is 29.6 Å². The van der Waals surface area contributed by atoms with Crippen LogP contribution in [0.1, 0.15) is 21.6 Å². The molecule has 0 bridgehead atoms. The zero-order valence-corrected chi connectivity index (χ0v) is 19.6. The minimum absolute atomic E-state index is 0.0117. The van der Waals surface area contributed by atoms with E-state index in [-0.39, 0.29) is 24.5 Å². The predicted molar refractivity (Wildman–Crippen MR) is 127 cm³/mol. The van der Waals surface area contributed by atoms with Gasteiger partial charge in [0.05, 0.1) is 19.8 Å². The van der Waals surface area contributed by atoms with Gasteiger partial charge in [-0.3, -0.25) is 14.3 Å². The highest BCUT2D eigenvalue weighted by Crippen LogP contribution is 2.17. The molecule has 0 spiro atoms. The highest BCUT2D eigenvalue weighted by atomic mass is 16.5. The third-order valence-corrected chi connectivity index (χ3v) is 5.99. The van der Waals surface area contributed by atoms with Crippen molar-refractivity contribution in [2.24, 2.45) is 7.05 Å². The number of methoxy groups -OCH3 is 1. The number of carbonyl (C=O) groups excluding carboxylic acids is 2. The van der Waals surface area contributed by atoms with Gasteiger partial charge in [0.2, 0.25) is 5.91 Å². The minimum Gasteiger partial charge on any atom is -0.497 e. The molecule has 8 heteroatoms. The van der Waals surface area contributed by atoms with Crippen LogP contribution in [0.15, 0.2) is 66.9 Å². The second-order valence-electron chi connectivity index (χ2n) is 8.39. The molecule has 178 valence electrons. The molecule has 1 aromatic heterocycles. The fraction of sp³-hybridized carbons (Fsp3) is 0.346. The monoisotopic (exact) mass is 462 g/mol. The van der Waals surface area contributed by atoms with Crippen LogP contribution in [0.3, 0.4) is 0 Å². The number of hydrogen-bond acceptors (Lipinski definition) is 5. The van der Waals surface area contributed by atoms with Crippen molar-refractivity contribution in [1.29, 1.82) is 0 Å². The topological polar surface area (TPSA) is 76.9 Å². The van der Waals surface area contributed by atoms with Gasteiger partial charge in [0.15, 0.2) is 0 Å². The Kier molecular flexibility index (Phi) is 7.59. The average molecular weight is 463 g/mol. The van der Waals surface area contributed by atoms with E-state index >= 15 is 0 Å². The molecule has 0 saturated carbocycles. The Bertz CT molecular complexity index is 1110. The molecule has 4 rings (SSSR count). The van der Waals surface area contributed by atoms with E-state index in [1.54, 1.807) is 36.2 Å². The van der Waals surface area contributed by atoms with Gasteiger partial charge in [0.25, 0.3) is 5.91 Å². The molecule has 2 heterocycles. The molecule has 1 aliphatic heterocycles. The second-order valence-corrected chi connectivity index (χ2v) is 8.39. The van der Waals surface area contributed by atoms with Gasteiger partial charge >= 0.3 is 0 Å². The number of aromatic nitrogens is 2. The third-order valence-electron chi connectivity index (χ3n) is 5.99. The number of rotatable bonds is 8. The first-order chi connectivity index (χ1) is 16.5. The van der Waals surface area contributed by atoms with Gasteiger partial charge < -0.3 is 19.3 Å². The van der Waals surface area contributed by atoms with Crippen LogP contribution in [0.2, 0.25) is 0 Å². The lowest BCUT2D eigenvalue weighted by molar-refractivity contribution is -0.131. The number of carbonyl (C=O) groups is 2. The number of hydrogen-bond donors (Lipinski definition) is 0. The summed E-state index contributed by atoms with van der Waals surface area (Å²) in [5.74, 6) is 0.446. The van der Waals surface area contributed by atoms with Crippen molar-refractivity contribution in [3.05, 3.63) is 83.7 Å². The van der Waals surface area contributed by atoms with Crippen molar-refractivity contribution in [1.82, 2.24) is 19.6 Å². The van der Waals surface area contributed by atoms with Crippen molar-refractivity contribution in [3.63, 3.8) is 0 Å². The van der Waals surface area contributed by atoms with Crippen molar-refractivity contribution in [2.75, 3.05) is 33.3 Å². The Morgan fingerprint density at radius 1 is 1.06 bits per heavy atom. The van der Waals surface area contributed by atoms with Crippen molar-refractivity contribution in [2.45, 2.75) is 19.1 Å². The highest BCUT2D eigenvalue weighted by molar-refractivity contribution is 5.95. The molecular formula is C26H30N4O4. The fourth-order valence-electron chi connectivity index (χ4n) is 4.09. The molecule has 3 aromatic rings. The Hall–Kier alpha value is -3.65. The van der Waals surface area contributed by atoms with E-state index in [2.05, 4.69) is 17.2 Å². The average Bonchev–Trinajstić information content (AvgIpc) is 3.22. The molecule has 34 heavy (non-hydrogen) atoms. The molecule has 1 saturated heterocycles. The lowest BCUT2D eigenvalue weighted by atomic mass is 10.1.